The molecule has 3 heterocycles. The second kappa shape index (κ2) is 8.96. The van der Waals surface area contributed by atoms with E-state index in [0.29, 0.717) is 16.3 Å². The first kappa shape index (κ1) is 24.7. The molecule has 2 amide bonds. The van der Waals surface area contributed by atoms with Gasteiger partial charge < -0.3 is 10.6 Å². The van der Waals surface area contributed by atoms with Gasteiger partial charge in [-0.2, -0.15) is 18.3 Å². The predicted molar refractivity (Wildman–Crippen MR) is 120 cm³/mol. The molecule has 0 unspecified atom stereocenters. The number of amides is 2. The van der Waals surface area contributed by atoms with Gasteiger partial charge in [-0.1, -0.05) is 23.7 Å². The lowest BCUT2D eigenvalue weighted by atomic mass is 10.1. The number of pyridine rings is 1. The number of halogens is 4. The number of aromatic nitrogens is 3. The first-order valence-electron chi connectivity index (χ1n) is 10.1. The zero-order valence-corrected chi connectivity index (χ0v) is 19.5. The van der Waals surface area contributed by atoms with Crippen LogP contribution in [0.25, 0.3) is 5.82 Å². The molecule has 1 aliphatic heterocycles. The number of para-hydroxylation sites is 1. The van der Waals surface area contributed by atoms with E-state index >= 15 is 0 Å². The number of hydrogen-bond donors (Lipinski definition) is 2. The summed E-state index contributed by atoms with van der Waals surface area (Å²) in [7, 11) is -3.18. The van der Waals surface area contributed by atoms with E-state index in [-0.39, 0.29) is 33.6 Å². The number of aryl methyl sites for hydroxylation is 1. The van der Waals surface area contributed by atoms with Gasteiger partial charge in [-0.25, -0.2) is 18.1 Å². The summed E-state index contributed by atoms with van der Waals surface area (Å²) in [5, 5.41) is 8.49. The number of carbonyl (C=O) groups excluding carboxylic acids is 2. The smallest absolute Gasteiger partial charge is 0.347 e. The van der Waals surface area contributed by atoms with E-state index in [4.69, 9.17) is 11.6 Å². The van der Waals surface area contributed by atoms with Gasteiger partial charge in [-0.3, -0.25) is 9.59 Å². The number of sulfone groups is 1. The fraction of sp³-hybridized carbons (Fsp3) is 0.238. The van der Waals surface area contributed by atoms with Crippen LogP contribution >= 0.6 is 11.6 Å². The first-order valence-corrected chi connectivity index (χ1v) is 12.3. The minimum Gasteiger partial charge on any atom is -0.347 e. The third kappa shape index (κ3) is 5.15. The van der Waals surface area contributed by atoms with Crippen LogP contribution in [0.15, 0.2) is 42.6 Å². The Labute approximate surface area is 202 Å². The largest absolute Gasteiger partial charge is 0.435 e. The highest BCUT2D eigenvalue weighted by Gasteiger charge is 2.37. The van der Waals surface area contributed by atoms with E-state index in [9.17, 15) is 31.2 Å². The normalized spacial score (nSPS) is 15.3. The van der Waals surface area contributed by atoms with Crippen molar-refractivity contribution in [3.8, 4) is 5.82 Å². The molecule has 184 valence electrons. The second-order valence-corrected chi connectivity index (χ2v) is 10.4. The molecule has 2 N–H and O–H groups in total. The summed E-state index contributed by atoms with van der Waals surface area (Å²) < 4.78 is 63.6. The zero-order valence-electron chi connectivity index (χ0n) is 17.9. The molecule has 2 aromatic heterocycles. The van der Waals surface area contributed by atoms with Gasteiger partial charge in [0, 0.05) is 12.3 Å². The average Bonchev–Trinajstić information content (AvgIpc) is 3.20. The Balaban J connectivity index is 1.69. The number of anilines is 1. The highest BCUT2D eigenvalue weighted by atomic mass is 35.5. The Hall–Kier alpha value is -3.45. The lowest BCUT2D eigenvalue weighted by molar-refractivity contribution is -0.141. The number of rotatable bonds is 5. The predicted octanol–water partition coefficient (Wildman–Crippen LogP) is 3.03. The molecule has 0 spiro atoms. The van der Waals surface area contributed by atoms with Crippen molar-refractivity contribution >= 4 is 38.9 Å². The van der Waals surface area contributed by atoms with Crippen molar-refractivity contribution in [3.63, 3.8) is 0 Å². The van der Waals surface area contributed by atoms with E-state index < -0.39 is 45.3 Å². The molecule has 1 saturated heterocycles. The molecule has 1 aliphatic rings. The molecular formula is C21H17ClF3N5O4S. The zero-order chi connectivity index (χ0) is 25.5. The van der Waals surface area contributed by atoms with Crippen LogP contribution in [-0.2, 0) is 16.0 Å². The van der Waals surface area contributed by atoms with Crippen LogP contribution in [0.1, 0.15) is 32.1 Å². The molecule has 0 saturated carbocycles. The van der Waals surface area contributed by atoms with E-state index in [1.165, 1.54) is 24.4 Å². The van der Waals surface area contributed by atoms with Crippen LogP contribution in [0, 0.1) is 6.92 Å². The molecule has 1 aromatic carbocycles. The lowest BCUT2D eigenvalue weighted by Gasteiger charge is -2.27. The molecule has 1 fully saturated rings. The van der Waals surface area contributed by atoms with Crippen LogP contribution < -0.4 is 10.6 Å². The molecule has 4 rings (SSSR count). The summed E-state index contributed by atoms with van der Waals surface area (Å²) in [5.41, 5.74) is -1.34. The van der Waals surface area contributed by atoms with Gasteiger partial charge in [0.15, 0.2) is 21.3 Å². The minimum absolute atomic E-state index is 0.0145. The van der Waals surface area contributed by atoms with E-state index in [1.54, 1.807) is 19.1 Å². The third-order valence-electron chi connectivity index (χ3n) is 5.17. The summed E-state index contributed by atoms with van der Waals surface area (Å²) >= 11 is 6.07. The van der Waals surface area contributed by atoms with Crippen molar-refractivity contribution in [3.05, 3.63) is 70.1 Å². The average molecular weight is 528 g/mol. The number of nitrogens with one attached hydrogen (secondary N) is 2. The highest BCUT2D eigenvalue weighted by Crippen LogP contribution is 2.31. The molecule has 0 radical (unpaired) electrons. The number of nitrogens with zero attached hydrogens (tertiary/aromatic N) is 3. The minimum atomic E-state index is -4.85. The van der Waals surface area contributed by atoms with Crippen molar-refractivity contribution in [1.82, 2.24) is 20.1 Å². The Morgan fingerprint density at radius 3 is 2.49 bits per heavy atom. The maximum Gasteiger partial charge on any atom is 0.435 e. The second-order valence-electron chi connectivity index (χ2n) is 7.83. The first-order chi connectivity index (χ1) is 16.4. The molecule has 9 nitrogen and oxygen atoms in total. The van der Waals surface area contributed by atoms with Gasteiger partial charge >= 0.3 is 6.18 Å². The molecule has 0 atom stereocenters. The Morgan fingerprint density at radius 2 is 1.86 bits per heavy atom. The van der Waals surface area contributed by atoms with Crippen LogP contribution in [0.3, 0.4) is 0 Å². The van der Waals surface area contributed by atoms with Crippen molar-refractivity contribution < 1.29 is 31.2 Å². The van der Waals surface area contributed by atoms with Crippen molar-refractivity contribution in [2.24, 2.45) is 0 Å². The molecule has 0 bridgehead atoms. The summed E-state index contributed by atoms with van der Waals surface area (Å²) in [4.78, 5) is 29.8. The van der Waals surface area contributed by atoms with Crippen molar-refractivity contribution in [2.75, 3.05) is 16.8 Å². The summed E-state index contributed by atoms with van der Waals surface area (Å²) in [6.45, 7) is 1.59. The SMILES string of the molecule is Cc1cccc(C(=O)NC2CS(=O)(=O)C2)c1NC(=O)c1cc(C(F)(F)F)nn1-c1ncccc1Cl. The van der Waals surface area contributed by atoms with Crippen LogP contribution in [0.5, 0.6) is 0 Å². The fourth-order valence-corrected chi connectivity index (χ4v) is 4.98. The summed E-state index contributed by atoms with van der Waals surface area (Å²) in [6.07, 6.45) is -3.57. The third-order valence-corrected chi connectivity index (χ3v) is 7.29. The Bertz CT molecular complexity index is 1430. The number of benzene rings is 1. The van der Waals surface area contributed by atoms with Gasteiger partial charge in [0.1, 0.15) is 5.69 Å². The van der Waals surface area contributed by atoms with Crippen molar-refractivity contribution in [2.45, 2.75) is 19.1 Å². The monoisotopic (exact) mass is 527 g/mol. The molecule has 0 aliphatic carbocycles. The number of alkyl halides is 3. The quantitative estimate of drug-likeness (QED) is 0.526. The summed E-state index contributed by atoms with van der Waals surface area (Å²) in [5.74, 6) is -2.22. The van der Waals surface area contributed by atoms with E-state index in [2.05, 4.69) is 20.7 Å². The van der Waals surface area contributed by atoms with Gasteiger partial charge in [-0.15, -0.1) is 0 Å². The number of hydrogen-bond acceptors (Lipinski definition) is 6. The van der Waals surface area contributed by atoms with Crippen molar-refractivity contribution in [1.29, 1.82) is 0 Å². The molecule has 14 heteroatoms. The van der Waals surface area contributed by atoms with E-state index in [1.807, 2.05) is 0 Å². The molecular weight excluding hydrogens is 511 g/mol. The van der Waals surface area contributed by atoms with Gasteiger partial charge in [-0.05, 0) is 30.7 Å². The molecule has 3 aromatic rings. The highest BCUT2D eigenvalue weighted by molar-refractivity contribution is 7.92. The van der Waals surface area contributed by atoms with Crippen LogP contribution in [0.4, 0.5) is 18.9 Å². The lowest BCUT2D eigenvalue weighted by Crippen LogP contribution is -2.53. The molecule has 35 heavy (non-hydrogen) atoms. The summed E-state index contributed by atoms with van der Waals surface area (Å²) in [6, 6.07) is 7.37. The Morgan fingerprint density at radius 1 is 1.14 bits per heavy atom. The maximum absolute atomic E-state index is 13.4. The van der Waals surface area contributed by atoms with Gasteiger partial charge in [0.2, 0.25) is 0 Å². The Kier molecular flexibility index (Phi) is 6.32. The number of carbonyl (C=O) groups is 2. The van der Waals surface area contributed by atoms with Gasteiger partial charge in [0.25, 0.3) is 11.8 Å². The topological polar surface area (TPSA) is 123 Å². The standard InChI is InChI=1S/C21H17ClF3N5O4S/c1-11-4-2-5-13(19(31)27-12-9-35(33,34)10-12)17(11)28-20(32)15-8-16(21(23,24)25)29-30(15)18-14(22)6-3-7-26-18/h2-8,12H,9-10H2,1H3,(H,27,31)(H,28,32). The van der Waals surface area contributed by atoms with Crippen LogP contribution in [0.2, 0.25) is 5.02 Å². The fourth-order valence-electron chi connectivity index (χ4n) is 3.49. The van der Waals surface area contributed by atoms with Crippen LogP contribution in [-0.4, -0.2) is 52.5 Å². The van der Waals surface area contributed by atoms with E-state index in [0.717, 1.165) is 0 Å². The van der Waals surface area contributed by atoms with Gasteiger partial charge in [0.05, 0.1) is 33.8 Å². The maximum atomic E-state index is 13.4.